The summed E-state index contributed by atoms with van der Waals surface area (Å²) in [6, 6.07) is 62.0. The van der Waals surface area contributed by atoms with Crippen LogP contribution in [0.15, 0.2) is 193 Å². The lowest BCUT2D eigenvalue weighted by Crippen LogP contribution is -2.17. The molecule has 8 aromatic rings. The number of nitrogens with zero attached hydrogens (tertiary/aromatic N) is 3. The third kappa shape index (κ3) is 7.34. The van der Waals surface area contributed by atoms with Crippen molar-refractivity contribution in [1.82, 2.24) is 14.6 Å². The van der Waals surface area contributed by atoms with E-state index in [4.69, 9.17) is 4.74 Å². The summed E-state index contributed by atoms with van der Waals surface area (Å²) in [6.45, 7) is 2.09. The maximum Gasteiger partial charge on any atom is 0.338 e. The van der Waals surface area contributed by atoms with Crippen molar-refractivity contribution in [2.24, 2.45) is 5.10 Å². The SMILES string of the molecule is CCOC(=O)c1ccc(-n2c(-c3ccccc3)cc(C=NNC(=O)c3ccc(-n4c(-c5ccccc5)ccc4-c4ccccc4)cc3)c2-c2ccccc2)cc1. The summed E-state index contributed by atoms with van der Waals surface area (Å²) in [5.74, 6) is -0.694. The monoisotopic (exact) mass is 730 g/mol. The molecule has 0 unspecified atom stereocenters. The molecule has 0 aliphatic heterocycles. The molecule has 0 fully saturated rings. The quantitative estimate of drug-likeness (QED) is 0.0818. The molecule has 272 valence electrons. The van der Waals surface area contributed by atoms with E-state index < -0.39 is 0 Å². The number of hydrogen-bond acceptors (Lipinski definition) is 4. The fourth-order valence-corrected chi connectivity index (χ4v) is 6.94. The standard InChI is InChI=1S/C49H38N4O3/c1-2-56-49(55)40-25-29-43(30-26-40)53-46(37-19-11-5-12-20-37)33-41(47(53)38-21-13-6-14-22-38)34-50-51-48(54)39-23-27-42(28-24-39)52-44(35-15-7-3-8-16-35)31-32-45(52)36-17-9-4-10-18-36/h3-34H,2H2,1H3,(H,51,54). The Morgan fingerprint density at radius 1 is 0.536 bits per heavy atom. The largest absolute Gasteiger partial charge is 0.462 e. The molecule has 0 saturated carbocycles. The number of carbonyl (C=O) groups is 2. The highest BCUT2D eigenvalue weighted by Crippen LogP contribution is 2.36. The molecular weight excluding hydrogens is 693 g/mol. The molecule has 2 aromatic heterocycles. The van der Waals surface area contributed by atoms with Crippen LogP contribution >= 0.6 is 0 Å². The third-order valence-corrected chi connectivity index (χ3v) is 9.56. The highest BCUT2D eigenvalue weighted by molar-refractivity contribution is 5.97. The van der Waals surface area contributed by atoms with E-state index in [-0.39, 0.29) is 11.9 Å². The van der Waals surface area contributed by atoms with Gasteiger partial charge in [-0.25, -0.2) is 10.2 Å². The van der Waals surface area contributed by atoms with Gasteiger partial charge in [-0.3, -0.25) is 4.79 Å². The fourth-order valence-electron chi connectivity index (χ4n) is 6.94. The van der Waals surface area contributed by atoms with E-state index >= 15 is 0 Å². The first-order chi connectivity index (χ1) is 27.6. The van der Waals surface area contributed by atoms with Gasteiger partial charge in [-0.1, -0.05) is 121 Å². The zero-order valence-corrected chi connectivity index (χ0v) is 30.7. The van der Waals surface area contributed by atoms with Crippen molar-refractivity contribution in [3.8, 4) is 56.4 Å². The summed E-state index contributed by atoms with van der Waals surface area (Å²) < 4.78 is 9.59. The molecule has 2 heterocycles. The normalized spacial score (nSPS) is 11.1. The minimum atomic E-state index is -0.366. The van der Waals surface area contributed by atoms with Gasteiger partial charge in [-0.15, -0.1) is 0 Å². The van der Waals surface area contributed by atoms with E-state index in [0.29, 0.717) is 17.7 Å². The molecule has 0 radical (unpaired) electrons. The Labute approximate surface area is 325 Å². The third-order valence-electron chi connectivity index (χ3n) is 9.56. The summed E-state index contributed by atoms with van der Waals surface area (Å²) in [4.78, 5) is 26.0. The second-order valence-electron chi connectivity index (χ2n) is 13.1. The number of hydrazone groups is 1. The lowest BCUT2D eigenvalue weighted by molar-refractivity contribution is 0.0526. The minimum absolute atomic E-state index is 0.304. The van der Waals surface area contributed by atoms with Crippen LogP contribution in [-0.4, -0.2) is 33.8 Å². The molecule has 7 heteroatoms. The molecule has 1 amide bonds. The van der Waals surface area contributed by atoms with E-state index in [0.717, 1.165) is 62.0 Å². The van der Waals surface area contributed by atoms with Crippen LogP contribution in [0.25, 0.3) is 56.4 Å². The van der Waals surface area contributed by atoms with Gasteiger partial charge in [0, 0.05) is 22.5 Å². The van der Waals surface area contributed by atoms with E-state index in [1.807, 2.05) is 121 Å². The molecule has 0 aliphatic carbocycles. The molecule has 0 aliphatic rings. The highest BCUT2D eigenvalue weighted by Gasteiger charge is 2.20. The average Bonchev–Trinajstić information content (AvgIpc) is 3.88. The van der Waals surface area contributed by atoms with Crippen LogP contribution in [0.4, 0.5) is 0 Å². The van der Waals surface area contributed by atoms with Gasteiger partial charge in [0.05, 0.1) is 41.2 Å². The number of aromatic nitrogens is 2. The fraction of sp³-hybridized carbons (Fsp3) is 0.0408. The molecular formula is C49H38N4O3. The van der Waals surface area contributed by atoms with E-state index in [9.17, 15) is 9.59 Å². The van der Waals surface area contributed by atoms with Crippen LogP contribution in [0.2, 0.25) is 0 Å². The number of amides is 1. The number of benzene rings is 6. The first-order valence-electron chi connectivity index (χ1n) is 18.5. The second kappa shape index (κ2) is 16.2. The Bertz CT molecular complexity index is 2550. The summed E-state index contributed by atoms with van der Waals surface area (Å²) in [5, 5.41) is 4.48. The van der Waals surface area contributed by atoms with Crippen LogP contribution in [0.1, 0.15) is 33.2 Å². The molecule has 7 nitrogen and oxygen atoms in total. The number of ether oxygens (including phenoxy) is 1. The van der Waals surface area contributed by atoms with Crippen molar-refractivity contribution in [3.05, 3.63) is 205 Å². The molecule has 0 bridgehead atoms. The predicted molar refractivity (Wildman–Crippen MR) is 224 cm³/mol. The molecule has 6 aromatic carbocycles. The van der Waals surface area contributed by atoms with Crippen molar-refractivity contribution in [2.75, 3.05) is 6.61 Å². The van der Waals surface area contributed by atoms with Gasteiger partial charge in [-0.05, 0) is 95.9 Å². The van der Waals surface area contributed by atoms with Gasteiger partial charge >= 0.3 is 5.97 Å². The molecule has 56 heavy (non-hydrogen) atoms. The Kier molecular flexibility index (Phi) is 10.3. The predicted octanol–water partition coefficient (Wildman–Crippen LogP) is 10.9. The summed E-state index contributed by atoms with van der Waals surface area (Å²) in [7, 11) is 0. The lowest BCUT2D eigenvalue weighted by Gasteiger charge is -2.15. The van der Waals surface area contributed by atoms with Gasteiger partial charge in [0.15, 0.2) is 0 Å². The molecule has 8 rings (SSSR count). The molecule has 0 saturated heterocycles. The molecule has 0 atom stereocenters. The Hall–Kier alpha value is -7.51. The zero-order chi connectivity index (χ0) is 38.3. The smallest absolute Gasteiger partial charge is 0.338 e. The van der Waals surface area contributed by atoms with Crippen molar-refractivity contribution >= 4 is 18.1 Å². The summed E-state index contributed by atoms with van der Waals surface area (Å²) in [5.41, 5.74) is 14.4. The summed E-state index contributed by atoms with van der Waals surface area (Å²) >= 11 is 0. The van der Waals surface area contributed by atoms with Crippen LogP contribution in [0.5, 0.6) is 0 Å². The maximum absolute atomic E-state index is 13.5. The van der Waals surface area contributed by atoms with E-state index in [1.54, 1.807) is 25.3 Å². The Balaban J connectivity index is 1.12. The molecule has 1 N–H and O–H groups in total. The van der Waals surface area contributed by atoms with Crippen LogP contribution < -0.4 is 5.43 Å². The van der Waals surface area contributed by atoms with Gasteiger partial charge in [0.2, 0.25) is 0 Å². The van der Waals surface area contributed by atoms with Crippen molar-refractivity contribution in [2.45, 2.75) is 6.92 Å². The number of nitrogens with one attached hydrogen (secondary N) is 1. The Morgan fingerprint density at radius 2 is 0.982 bits per heavy atom. The Morgan fingerprint density at radius 3 is 1.48 bits per heavy atom. The zero-order valence-electron chi connectivity index (χ0n) is 30.7. The van der Waals surface area contributed by atoms with Gasteiger partial charge in [0.25, 0.3) is 5.91 Å². The number of rotatable bonds is 11. The van der Waals surface area contributed by atoms with E-state index in [2.05, 4.69) is 74.3 Å². The van der Waals surface area contributed by atoms with Crippen LogP contribution in [0.3, 0.4) is 0 Å². The lowest BCUT2D eigenvalue weighted by atomic mass is 10.1. The van der Waals surface area contributed by atoms with Gasteiger partial charge < -0.3 is 13.9 Å². The second-order valence-corrected chi connectivity index (χ2v) is 13.1. The van der Waals surface area contributed by atoms with Crippen LogP contribution in [0, 0.1) is 0 Å². The van der Waals surface area contributed by atoms with Gasteiger partial charge in [-0.2, -0.15) is 5.10 Å². The number of carbonyl (C=O) groups excluding carboxylic acids is 2. The first kappa shape index (κ1) is 35.5. The molecule has 0 spiro atoms. The first-order valence-corrected chi connectivity index (χ1v) is 18.5. The van der Waals surface area contributed by atoms with Gasteiger partial charge in [0.1, 0.15) is 0 Å². The maximum atomic E-state index is 13.5. The van der Waals surface area contributed by atoms with E-state index in [1.165, 1.54) is 0 Å². The highest BCUT2D eigenvalue weighted by atomic mass is 16.5. The van der Waals surface area contributed by atoms with Crippen molar-refractivity contribution in [1.29, 1.82) is 0 Å². The summed E-state index contributed by atoms with van der Waals surface area (Å²) in [6.07, 6.45) is 1.68. The van der Waals surface area contributed by atoms with Crippen molar-refractivity contribution < 1.29 is 14.3 Å². The minimum Gasteiger partial charge on any atom is -0.462 e. The topological polar surface area (TPSA) is 77.6 Å². The number of esters is 1. The van der Waals surface area contributed by atoms with Crippen LogP contribution in [-0.2, 0) is 4.74 Å². The average molecular weight is 731 g/mol. The number of hydrogen-bond donors (Lipinski definition) is 1. The van der Waals surface area contributed by atoms with Crippen molar-refractivity contribution in [3.63, 3.8) is 0 Å².